The van der Waals surface area contributed by atoms with Crippen LogP contribution in [0.4, 0.5) is 34.1 Å². The van der Waals surface area contributed by atoms with Crippen LogP contribution < -0.4 is 10.3 Å². The molecule has 29 heteroatoms. The summed E-state index contributed by atoms with van der Waals surface area (Å²) in [6.45, 7) is 1.50. The number of aromatic hydroxyl groups is 1. The van der Waals surface area contributed by atoms with Crippen molar-refractivity contribution < 1.29 is 71.6 Å². The van der Waals surface area contributed by atoms with E-state index >= 15 is 0 Å². The number of hydrogen-bond donors (Lipinski definition) is 7. The molecule has 0 radical (unpaired) electrons. The summed E-state index contributed by atoms with van der Waals surface area (Å²) in [7, 11) is -18.4. The number of carboxylic acid groups (broad SMARTS) is 1. The minimum Gasteiger partial charge on any atom is -0.505 e. The predicted octanol–water partition coefficient (Wildman–Crippen LogP) is 7.43. The molecule has 0 aliphatic carbocycles. The average Bonchev–Trinajstić information content (AvgIpc) is 3.58. The van der Waals surface area contributed by atoms with E-state index in [0.717, 1.165) is 59.3 Å². The van der Waals surface area contributed by atoms with Crippen molar-refractivity contribution in [3.05, 3.63) is 113 Å². The molecule has 1 aromatic heterocycles. The van der Waals surface area contributed by atoms with Crippen LogP contribution in [0.5, 0.6) is 11.5 Å². The molecule has 25 nitrogen and oxygen atoms in total. The molecule has 7 rings (SSSR count). The van der Waals surface area contributed by atoms with Crippen LogP contribution in [0.15, 0.2) is 146 Å². The van der Waals surface area contributed by atoms with Gasteiger partial charge in [-0.05, 0) is 84.6 Å². The number of aromatic nitrogens is 2. The standard InChI is InChI=1S/C38H28N8O17S4/c1-18-14-28(29(63-2)17-27(18)41-40-26-13-12-24-25(36(26)67(60,61)62)4-3-5-30(24)65(54,55)56)42-43-32-31(66(57,58)59)16-19-15-20(6-11-23(19)35(32)47)39-44-33-34(38(49)50)45-46(37(33)48)21-7-9-22(10-8-21)64(51,52)53/h3-17,45,47H,1-2H3,(H,49,50)(H,51,52,53)(H,54,55,56)(H,57,58,59)(H,60,61,62). The van der Waals surface area contributed by atoms with E-state index in [4.69, 9.17) is 4.74 Å². The van der Waals surface area contributed by atoms with Crippen molar-refractivity contribution in [2.75, 3.05) is 7.11 Å². The molecule has 0 fully saturated rings. The van der Waals surface area contributed by atoms with Gasteiger partial charge in [0.15, 0.2) is 17.1 Å². The van der Waals surface area contributed by atoms with Gasteiger partial charge in [0, 0.05) is 22.2 Å². The van der Waals surface area contributed by atoms with E-state index in [-0.39, 0.29) is 55.6 Å². The zero-order valence-corrected chi connectivity index (χ0v) is 36.9. The molecule has 67 heavy (non-hydrogen) atoms. The third-order valence-electron chi connectivity index (χ3n) is 9.56. The number of carboxylic acids is 1. The molecule has 0 amide bonds. The normalized spacial score (nSPS) is 12.9. The number of H-pyrrole nitrogens is 1. The Morgan fingerprint density at radius 1 is 0.627 bits per heavy atom. The lowest BCUT2D eigenvalue weighted by molar-refractivity contribution is 0.0690. The number of nitrogens with zero attached hydrogens (tertiary/aromatic N) is 7. The summed E-state index contributed by atoms with van der Waals surface area (Å²) in [4.78, 5) is 22.3. The Balaban J connectivity index is 1.22. The van der Waals surface area contributed by atoms with Crippen LogP contribution in [0.3, 0.4) is 0 Å². The number of aromatic carboxylic acids is 1. The van der Waals surface area contributed by atoms with Crippen LogP contribution in [0.1, 0.15) is 16.1 Å². The largest absolute Gasteiger partial charge is 0.505 e. The molecule has 0 atom stereocenters. The maximum atomic E-state index is 13.2. The lowest BCUT2D eigenvalue weighted by atomic mass is 10.1. The first-order chi connectivity index (χ1) is 31.3. The highest BCUT2D eigenvalue weighted by atomic mass is 32.2. The molecule has 7 N–H and O–H groups in total. The lowest BCUT2D eigenvalue weighted by Gasteiger charge is -2.11. The molecule has 0 aliphatic heterocycles. The molecular formula is C38H28N8O17S4. The summed E-state index contributed by atoms with van der Waals surface area (Å²) in [6.07, 6.45) is 0. The maximum absolute atomic E-state index is 13.2. The predicted molar refractivity (Wildman–Crippen MR) is 232 cm³/mol. The second kappa shape index (κ2) is 17.3. The van der Waals surface area contributed by atoms with Crippen LogP contribution in [0.2, 0.25) is 0 Å². The summed E-state index contributed by atoms with van der Waals surface area (Å²) < 4.78 is 142. The molecule has 0 saturated heterocycles. The van der Waals surface area contributed by atoms with Crippen molar-refractivity contribution in [3.63, 3.8) is 0 Å². The Morgan fingerprint density at radius 2 is 1.25 bits per heavy atom. The Labute approximate surface area is 376 Å². The monoisotopic (exact) mass is 996 g/mol. The third kappa shape index (κ3) is 9.55. The van der Waals surface area contributed by atoms with E-state index in [2.05, 4.69) is 35.8 Å². The van der Waals surface area contributed by atoms with Gasteiger partial charge in [0.2, 0.25) is 0 Å². The van der Waals surface area contributed by atoms with Gasteiger partial charge in [0.05, 0.1) is 29.1 Å². The number of carbonyl (C=O) groups is 1. The molecule has 346 valence electrons. The summed E-state index contributed by atoms with van der Waals surface area (Å²) in [5, 5.41) is 46.3. The number of nitrogens with one attached hydrogen (secondary N) is 1. The van der Waals surface area contributed by atoms with Gasteiger partial charge < -0.3 is 14.9 Å². The van der Waals surface area contributed by atoms with Crippen LogP contribution >= 0.6 is 0 Å². The fourth-order valence-corrected chi connectivity index (χ4v) is 9.18. The SMILES string of the molecule is COc1cc(N=Nc2ccc3c(S(=O)(=O)O)cccc3c2S(=O)(=O)O)c(C)cc1N=Nc1c(S(=O)(=O)O)cc2cc(N=Nc3c(C(=O)O)[nH]n(-c4ccc(S(=O)(=O)O)cc4)c3=O)ccc2c1O. The van der Waals surface area contributed by atoms with Gasteiger partial charge in [-0.3, -0.25) is 28.1 Å². The highest BCUT2D eigenvalue weighted by Crippen LogP contribution is 2.44. The number of hydrogen-bond acceptors (Lipinski definition) is 18. The first-order valence-electron chi connectivity index (χ1n) is 18.2. The van der Waals surface area contributed by atoms with Gasteiger partial charge in [0.1, 0.15) is 37.5 Å². The summed E-state index contributed by atoms with van der Waals surface area (Å²) >= 11 is 0. The van der Waals surface area contributed by atoms with Crippen molar-refractivity contribution in [2.24, 2.45) is 30.7 Å². The number of aryl methyl sites for hydroxylation is 1. The maximum Gasteiger partial charge on any atom is 0.356 e. The second-order valence-corrected chi connectivity index (χ2v) is 19.4. The third-order valence-corrected chi connectivity index (χ3v) is 13.2. The molecule has 0 bridgehead atoms. The quantitative estimate of drug-likeness (QED) is 0.0436. The number of phenolic OH excluding ortho intramolecular Hbond substituents is 1. The number of phenols is 1. The molecule has 7 aromatic rings. The molecule has 0 saturated carbocycles. The topological polar surface area (TPSA) is 396 Å². The Hall–Kier alpha value is -7.64. The summed E-state index contributed by atoms with van der Waals surface area (Å²) in [5.74, 6) is -2.50. The summed E-state index contributed by atoms with van der Waals surface area (Å²) in [6, 6.07) is 16.8. The van der Waals surface area contributed by atoms with E-state index in [0.29, 0.717) is 0 Å². The van der Waals surface area contributed by atoms with Gasteiger partial charge in [-0.25, -0.2) is 9.48 Å². The minimum absolute atomic E-state index is 0.0400. The lowest BCUT2D eigenvalue weighted by Crippen LogP contribution is -2.14. The molecule has 0 unspecified atom stereocenters. The zero-order valence-electron chi connectivity index (χ0n) is 33.6. The van der Waals surface area contributed by atoms with E-state index in [9.17, 15) is 71.7 Å². The number of methoxy groups -OCH3 is 1. The number of aromatic amines is 1. The minimum atomic E-state index is -5.17. The Morgan fingerprint density at radius 3 is 1.87 bits per heavy atom. The fraction of sp³-hybridized carbons (Fsp3) is 0.0526. The van der Waals surface area contributed by atoms with Gasteiger partial charge >= 0.3 is 5.97 Å². The Kier molecular flexibility index (Phi) is 12.2. The second-order valence-electron chi connectivity index (χ2n) is 13.8. The number of benzene rings is 6. The average molecular weight is 997 g/mol. The van der Waals surface area contributed by atoms with E-state index < -0.39 is 100 Å². The summed E-state index contributed by atoms with van der Waals surface area (Å²) in [5.41, 5.74) is -3.54. The van der Waals surface area contributed by atoms with Crippen molar-refractivity contribution in [1.29, 1.82) is 0 Å². The van der Waals surface area contributed by atoms with Gasteiger partial charge in [-0.15, -0.1) is 20.5 Å². The number of azo groups is 3. The number of fused-ring (bicyclic) bond motifs is 2. The van der Waals surface area contributed by atoms with Crippen LogP contribution in [-0.4, -0.2) is 85.0 Å². The van der Waals surface area contributed by atoms with Crippen LogP contribution in [0.25, 0.3) is 27.2 Å². The molecule has 1 heterocycles. The van der Waals surface area contributed by atoms with Gasteiger partial charge in [0.25, 0.3) is 46.0 Å². The molecule has 6 aromatic carbocycles. The first kappa shape index (κ1) is 47.3. The highest BCUT2D eigenvalue weighted by molar-refractivity contribution is 7.87. The smallest absolute Gasteiger partial charge is 0.356 e. The van der Waals surface area contributed by atoms with Crippen molar-refractivity contribution in [2.45, 2.75) is 26.5 Å². The van der Waals surface area contributed by atoms with Crippen molar-refractivity contribution in [1.82, 2.24) is 9.78 Å². The molecule has 0 aliphatic rings. The zero-order chi connectivity index (χ0) is 49.0. The first-order valence-corrected chi connectivity index (χ1v) is 23.9. The van der Waals surface area contributed by atoms with E-state index in [1.807, 2.05) is 0 Å². The Bertz CT molecular complexity index is 3870. The van der Waals surface area contributed by atoms with Crippen molar-refractivity contribution in [3.8, 4) is 17.2 Å². The highest BCUT2D eigenvalue weighted by Gasteiger charge is 2.26. The number of rotatable bonds is 13. The van der Waals surface area contributed by atoms with E-state index in [1.165, 1.54) is 50.4 Å². The van der Waals surface area contributed by atoms with Crippen molar-refractivity contribution >= 4 is 102 Å². The number of ether oxygens (including phenoxy) is 1. The molecular weight excluding hydrogens is 969 g/mol. The van der Waals surface area contributed by atoms with Gasteiger partial charge in [-0.2, -0.15) is 43.9 Å². The van der Waals surface area contributed by atoms with Crippen LogP contribution in [-0.2, 0) is 40.5 Å². The van der Waals surface area contributed by atoms with Crippen LogP contribution in [0, 0.1) is 6.92 Å². The van der Waals surface area contributed by atoms with Gasteiger partial charge in [-0.1, -0.05) is 18.2 Å². The van der Waals surface area contributed by atoms with E-state index in [1.54, 1.807) is 0 Å². The molecule has 0 spiro atoms. The fourth-order valence-electron chi connectivity index (χ4n) is 6.51.